The Morgan fingerprint density at radius 1 is 1.42 bits per heavy atom. The van der Waals surface area contributed by atoms with Crippen LogP contribution in [0.1, 0.15) is 23.6 Å². The lowest BCUT2D eigenvalue weighted by Gasteiger charge is -2.07. The van der Waals surface area contributed by atoms with E-state index >= 15 is 0 Å². The number of hydroxylamine groups is 1. The van der Waals surface area contributed by atoms with Crippen molar-refractivity contribution in [2.24, 2.45) is 0 Å². The average Bonchev–Trinajstić information content (AvgIpc) is 2.46. The lowest BCUT2D eigenvalue weighted by Crippen LogP contribution is -2.13. The molecule has 0 heterocycles. The first-order valence-electron chi connectivity index (χ1n) is 4.02. The highest BCUT2D eigenvalue weighted by Gasteiger charge is 2.21. The van der Waals surface area contributed by atoms with Gasteiger partial charge in [-0.2, -0.15) is 5.48 Å². The predicted octanol–water partition coefficient (Wildman–Crippen LogP) is 1.36. The summed E-state index contributed by atoms with van der Waals surface area (Å²) in [7, 11) is 0. The zero-order chi connectivity index (χ0) is 8.55. The van der Waals surface area contributed by atoms with Gasteiger partial charge < -0.3 is 10.3 Å². The smallest absolute Gasteiger partial charge is 0.115 e. The molecule has 1 atom stereocenters. The molecule has 0 bridgehead atoms. The normalized spacial score (nSPS) is 20.9. The molecule has 64 valence electrons. The Morgan fingerprint density at radius 2 is 2.25 bits per heavy atom. The molecule has 0 saturated carbocycles. The summed E-state index contributed by atoms with van der Waals surface area (Å²) in [6.07, 6.45) is 1.82. The molecule has 0 radical (unpaired) electrons. The molecule has 1 aliphatic carbocycles. The zero-order valence-corrected chi connectivity index (χ0v) is 6.62. The molecule has 0 spiro atoms. The van der Waals surface area contributed by atoms with E-state index in [2.05, 4.69) is 5.48 Å². The summed E-state index contributed by atoms with van der Waals surface area (Å²) in [4.78, 5) is 0. The summed E-state index contributed by atoms with van der Waals surface area (Å²) < 4.78 is 0. The Labute approximate surface area is 70.6 Å². The van der Waals surface area contributed by atoms with Gasteiger partial charge in [-0.1, -0.05) is 6.07 Å². The van der Waals surface area contributed by atoms with Crippen molar-refractivity contribution in [3.63, 3.8) is 0 Å². The van der Waals surface area contributed by atoms with Crippen LogP contribution in [0.15, 0.2) is 18.2 Å². The van der Waals surface area contributed by atoms with E-state index < -0.39 is 0 Å². The minimum atomic E-state index is 0.0422. The molecule has 1 aromatic carbocycles. The largest absolute Gasteiger partial charge is 0.508 e. The second kappa shape index (κ2) is 2.77. The van der Waals surface area contributed by atoms with Crippen molar-refractivity contribution in [3.8, 4) is 5.75 Å². The van der Waals surface area contributed by atoms with Crippen LogP contribution in [0.2, 0.25) is 0 Å². The van der Waals surface area contributed by atoms with Gasteiger partial charge in [-0.05, 0) is 36.1 Å². The molecule has 3 nitrogen and oxygen atoms in total. The summed E-state index contributed by atoms with van der Waals surface area (Å²) in [5, 5.41) is 17.9. The van der Waals surface area contributed by atoms with Gasteiger partial charge in [0.2, 0.25) is 0 Å². The van der Waals surface area contributed by atoms with Gasteiger partial charge >= 0.3 is 0 Å². The van der Waals surface area contributed by atoms with Gasteiger partial charge in [-0.25, -0.2) is 0 Å². The van der Waals surface area contributed by atoms with E-state index in [9.17, 15) is 5.11 Å². The summed E-state index contributed by atoms with van der Waals surface area (Å²) in [6.45, 7) is 0. The van der Waals surface area contributed by atoms with Crippen LogP contribution in [0.4, 0.5) is 0 Å². The Balaban J connectivity index is 2.40. The summed E-state index contributed by atoms with van der Waals surface area (Å²) in [6, 6.07) is 5.30. The minimum Gasteiger partial charge on any atom is -0.508 e. The van der Waals surface area contributed by atoms with E-state index in [0.29, 0.717) is 5.75 Å². The van der Waals surface area contributed by atoms with E-state index in [0.717, 1.165) is 24.0 Å². The number of hydrogen-bond donors (Lipinski definition) is 3. The van der Waals surface area contributed by atoms with E-state index in [1.54, 1.807) is 12.1 Å². The van der Waals surface area contributed by atoms with Crippen molar-refractivity contribution >= 4 is 0 Å². The van der Waals surface area contributed by atoms with Gasteiger partial charge in [0.25, 0.3) is 0 Å². The van der Waals surface area contributed by atoms with Crippen LogP contribution in [0.25, 0.3) is 0 Å². The maximum absolute atomic E-state index is 9.17. The van der Waals surface area contributed by atoms with Gasteiger partial charge in [-0.3, -0.25) is 0 Å². The first-order valence-corrected chi connectivity index (χ1v) is 4.02. The molecular formula is C9H11NO2. The van der Waals surface area contributed by atoms with Crippen molar-refractivity contribution in [1.82, 2.24) is 5.48 Å². The molecule has 2 rings (SSSR count). The molecule has 1 aromatic rings. The highest BCUT2D eigenvalue weighted by atomic mass is 16.5. The number of phenolic OH excluding ortho intramolecular Hbond substituents is 1. The van der Waals surface area contributed by atoms with Gasteiger partial charge in [0.05, 0.1) is 6.04 Å². The fraction of sp³-hybridized carbons (Fsp3) is 0.333. The van der Waals surface area contributed by atoms with Crippen LogP contribution in [-0.2, 0) is 6.42 Å². The summed E-state index contributed by atoms with van der Waals surface area (Å²) in [5.74, 6) is 0.298. The molecule has 0 fully saturated rings. The highest BCUT2D eigenvalue weighted by molar-refractivity contribution is 5.39. The number of rotatable bonds is 1. The van der Waals surface area contributed by atoms with Crippen molar-refractivity contribution in [2.75, 3.05) is 0 Å². The van der Waals surface area contributed by atoms with Crippen LogP contribution in [0, 0.1) is 0 Å². The van der Waals surface area contributed by atoms with Crippen molar-refractivity contribution in [1.29, 1.82) is 0 Å². The maximum Gasteiger partial charge on any atom is 0.115 e. The van der Waals surface area contributed by atoms with Crippen molar-refractivity contribution in [3.05, 3.63) is 29.3 Å². The molecule has 12 heavy (non-hydrogen) atoms. The fourth-order valence-corrected chi connectivity index (χ4v) is 1.74. The highest BCUT2D eigenvalue weighted by Crippen LogP contribution is 2.32. The lowest BCUT2D eigenvalue weighted by atomic mass is 10.1. The molecule has 0 saturated heterocycles. The van der Waals surface area contributed by atoms with E-state index in [1.807, 2.05) is 6.07 Å². The minimum absolute atomic E-state index is 0.0422. The second-order valence-electron chi connectivity index (χ2n) is 3.10. The van der Waals surface area contributed by atoms with Crippen LogP contribution in [0.5, 0.6) is 5.75 Å². The van der Waals surface area contributed by atoms with E-state index in [1.165, 1.54) is 0 Å². The van der Waals surface area contributed by atoms with E-state index in [-0.39, 0.29) is 6.04 Å². The number of fused-ring (bicyclic) bond motifs is 1. The quantitative estimate of drug-likeness (QED) is 0.551. The molecule has 1 unspecified atom stereocenters. The van der Waals surface area contributed by atoms with Crippen LogP contribution >= 0.6 is 0 Å². The monoisotopic (exact) mass is 165 g/mol. The van der Waals surface area contributed by atoms with Gasteiger partial charge in [0.15, 0.2) is 0 Å². The molecule has 3 N–H and O–H groups in total. The fourth-order valence-electron chi connectivity index (χ4n) is 1.74. The topological polar surface area (TPSA) is 52.5 Å². The predicted molar refractivity (Wildman–Crippen MR) is 44.1 cm³/mol. The number of benzene rings is 1. The molecule has 0 amide bonds. The maximum atomic E-state index is 9.17. The number of aryl methyl sites for hydroxylation is 1. The third kappa shape index (κ3) is 1.07. The van der Waals surface area contributed by atoms with Gasteiger partial charge in [0.1, 0.15) is 5.75 Å². The van der Waals surface area contributed by atoms with E-state index in [4.69, 9.17) is 5.21 Å². The molecular weight excluding hydrogens is 154 g/mol. The number of aromatic hydroxyl groups is 1. The Bertz CT molecular complexity index is 299. The third-order valence-corrected chi connectivity index (χ3v) is 2.36. The van der Waals surface area contributed by atoms with Crippen LogP contribution in [-0.4, -0.2) is 10.3 Å². The molecule has 0 aromatic heterocycles. The van der Waals surface area contributed by atoms with Gasteiger partial charge in [-0.15, -0.1) is 0 Å². The number of hydrogen-bond acceptors (Lipinski definition) is 3. The zero-order valence-electron chi connectivity index (χ0n) is 6.62. The first kappa shape index (κ1) is 7.58. The first-order chi connectivity index (χ1) is 5.81. The molecule has 0 aliphatic heterocycles. The standard InChI is InChI=1S/C9H11NO2/c11-7-2-3-8-6(5-7)1-4-9(8)10-12/h2-3,5,9-12H,1,4H2. The van der Waals surface area contributed by atoms with Crippen molar-refractivity contribution < 1.29 is 10.3 Å². The van der Waals surface area contributed by atoms with Gasteiger partial charge in [0, 0.05) is 0 Å². The SMILES string of the molecule is ONC1CCc2cc(O)ccc21. The Kier molecular flexibility index (Phi) is 1.75. The number of nitrogens with one attached hydrogen (secondary N) is 1. The lowest BCUT2D eigenvalue weighted by molar-refractivity contribution is 0.126. The molecule has 1 aliphatic rings. The Morgan fingerprint density at radius 3 is 3.00 bits per heavy atom. The number of phenols is 1. The van der Waals surface area contributed by atoms with Crippen molar-refractivity contribution in [2.45, 2.75) is 18.9 Å². The third-order valence-electron chi connectivity index (χ3n) is 2.36. The average molecular weight is 165 g/mol. The summed E-state index contributed by atoms with van der Waals surface area (Å²) >= 11 is 0. The van der Waals surface area contributed by atoms with Crippen LogP contribution < -0.4 is 5.48 Å². The summed E-state index contributed by atoms with van der Waals surface area (Å²) in [5.41, 5.74) is 4.48. The second-order valence-corrected chi connectivity index (χ2v) is 3.10. The van der Waals surface area contributed by atoms with Crippen LogP contribution in [0.3, 0.4) is 0 Å². The Hall–Kier alpha value is -1.06. The molecule has 3 heteroatoms.